The van der Waals surface area contributed by atoms with Crippen molar-refractivity contribution < 1.29 is 14.7 Å². The van der Waals surface area contributed by atoms with Gasteiger partial charge in [0, 0.05) is 12.1 Å². The third kappa shape index (κ3) is 2.87. The topological polar surface area (TPSA) is 69.6 Å². The van der Waals surface area contributed by atoms with Crippen molar-refractivity contribution in [1.82, 2.24) is 10.2 Å². The van der Waals surface area contributed by atoms with E-state index in [1.807, 2.05) is 13.8 Å². The van der Waals surface area contributed by atoms with E-state index in [1.165, 1.54) is 6.92 Å². The van der Waals surface area contributed by atoms with Gasteiger partial charge in [-0.05, 0) is 40.0 Å². The van der Waals surface area contributed by atoms with Gasteiger partial charge in [-0.15, -0.1) is 0 Å². The molecule has 0 aromatic rings. The van der Waals surface area contributed by atoms with Crippen LogP contribution in [-0.4, -0.2) is 40.1 Å². The Labute approximate surface area is 95.8 Å². The maximum atomic E-state index is 11.9. The summed E-state index contributed by atoms with van der Waals surface area (Å²) in [6, 6.07) is -0.738. The minimum atomic E-state index is -1.01. The van der Waals surface area contributed by atoms with Crippen LogP contribution in [0, 0.1) is 0 Å². The molecule has 2 amide bonds. The quantitative estimate of drug-likeness (QED) is 0.751. The highest BCUT2D eigenvalue weighted by Crippen LogP contribution is 2.22. The van der Waals surface area contributed by atoms with Crippen molar-refractivity contribution in [3.63, 3.8) is 0 Å². The molecule has 0 aliphatic carbocycles. The average Bonchev–Trinajstić information content (AvgIpc) is 2.16. The number of nitrogens with zero attached hydrogens (tertiary/aromatic N) is 1. The first-order valence-electron chi connectivity index (χ1n) is 5.75. The highest BCUT2D eigenvalue weighted by Gasteiger charge is 2.30. The Balaban J connectivity index is 2.60. The Morgan fingerprint density at radius 1 is 1.31 bits per heavy atom. The fraction of sp³-hybridized carbons (Fsp3) is 0.818. The maximum Gasteiger partial charge on any atom is 0.325 e. The maximum absolute atomic E-state index is 11.9. The van der Waals surface area contributed by atoms with E-state index in [0.29, 0.717) is 0 Å². The van der Waals surface area contributed by atoms with E-state index in [2.05, 4.69) is 5.32 Å². The SMILES string of the molecule is CC(NC(=O)N1C(C)CCCC1C)C(=O)O. The smallest absolute Gasteiger partial charge is 0.325 e. The summed E-state index contributed by atoms with van der Waals surface area (Å²) in [5, 5.41) is 11.2. The number of likely N-dealkylation sites (tertiary alicyclic amines) is 1. The highest BCUT2D eigenvalue weighted by atomic mass is 16.4. The number of hydrogen-bond acceptors (Lipinski definition) is 2. The lowest BCUT2D eigenvalue weighted by atomic mass is 9.98. The Hall–Kier alpha value is -1.26. The lowest BCUT2D eigenvalue weighted by molar-refractivity contribution is -0.138. The minimum absolute atomic E-state index is 0.185. The molecule has 1 rings (SSSR count). The zero-order chi connectivity index (χ0) is 12.3. The summed E-state index contributed by atoms with van der Waals surface area (Å²) in [7, 11) is 0. The van der Waals surface area contributed by atoms with E-state index in [9.17, 15) is 9.59 Å². The van der Waals surface area contributed by atoms with Gasteiger partial charge in [-0.1, -0.05) is 0 Å². The number of aliphatic carboxylic acids is 1. The van der Waals surface area contributed by atoms with Gasteiger partial charge in [0.15, 0.2) is 0 Å². The summed E-state index contributed by atoms with van der Waals surface area (Å²) in [5.41, 5.74) is 0. The third-order valence-electron chi connectivity index (χ3n) is 3.14. The molecule has 16 heavy (non-hydrogen) atoms. The highest BCUT2D eigenvalue weighted by molar-refractivity contribution is 5.82. The second-order valence-electron chi connectivity index (χ2n) is 4.55. The van der Waals surface area contributed by atoms with Crippen LogP contribution in [0.1, 0.15) is 40.0 Å². The fourth-order valence-corrected chi connectivity index (χ4v) is 2.14. The monoisotopic (exact) mass is 228 g/mol. The summed E-state index contributed by atoms with van der Waals surface area (Å²) in [4.78, 5) is 24.3. The second kappa shape index (κ2) is 5.18. The number of carboxylic acids is 1. The molecule has 1 fully saturated rings. The number of nitrogens with one attached hydrogen (secondary N) is 1. The number of carbonyl (C=O) groups excluding carboxylic acids is 1. The van der Waals surface area contributed by atoms with Crippen molar-refractivity contribution >= 4 is 12.0 Å². The van der Waals surface area contributed by atoms with Crippen molar-refractivity contribution in [2.24, 2.45) is 0 Å². The van der Waals surface area contributed by atoms with Gasteiger partial charge in [-0.25, -0.2) is 4.79 Å². The van der Waals surface area contributed by atoms with Crippen LogP contribution >= 0.6 is 0 Å². The van der Waals surface area contributed by atoms with Crippen molar-refractivity contribution in [2.75, 3.05) is 0 Å². The molecule has 5 nitrogen and oxygen atoms in total. The molecule has 2 N–H and O–H groups in total. The lowest BCUT2D eigenvalue weighted by Crippen LogP contribution is -2.54. The van der Waals surface area contributed by atoms with Gasteiger partial charge in [0.1, 0.15) is 6.04 Å². The average molecular weight is 228 g/mol. The molecule has 0 aromatic carbocycles. The first kappa shape index (κ1) is 12.8. The molecule has 0 aromatic heterocycles. The van der Waals surface area contributed by atoms with Crippen molar-refractivity contribution in [2.45, 2.75) is 58.2 Å². The molecule has 3 atom stereocenters. The van der Waals surface area contributed by atoms with Crippen LogP contribution in [0.3, 0.4) is 0 Å². The van der Waals surface area contributed by atoms with E-state index in [4.69, 9.17) is 5.11 Å². The number of carboxylic acid groups (broad SMARTS) is 1. The van der Waals surface area contributed by atoms with Gasteiger partial charge in [-0.3, -0.25) is 4.79 Å². The third-order valence-corrected chi connectivity index (χ3v) is 3.14. The van der Waals surface area contributed by atoms with Crippen LogP contribution in [0.5, 0.6) is 0 Å². The molecule has 1 saturated heterocycles. The zero-order valence-corrected chi connectivity index (χ0v) is 10.1. The molecule has 3 unspecified atom stereocenters. The summed E-state index contributed by atoms with van der Waals surface area (Å²) in [6.07, 6.45) is 3.10. The first-order valence-corrected chi connectivity index (χ1v) is 5.75. The largest absolute Gasteiger partial charge is 0.480 e. The predicted molar refractivity (Wildman–Crippen MR) is 60.2 cm³/mol. The van der Waals surface area contributed by atoms with Crippen LogP contribution in [0.15, 0.2) is 0 Å². The van der Waals surface area contributed by atoms with Gasteiger partial charge < -0.3 is 15.3 Å². The lowest BCUT2D eigenvalue weighted by Gasteiger charge is -2.39. The summed E-state index contributed by atoms with van der Waals surface area (Å²) in [6.45, 7) is 5.47. The molecule has 0 bridgehead atoms. The minimum Gasteiger partial charge on any atom is -0.480 e. The van der Waals surface area contributed by atoms with Crippen molar-refractivity contribution in [3.8, 4) is 0 Å². The normalized spacial score (nSPS) is 27.3. The van der Waals surface area contributed by atoms with Crippen LogP contribution in [0.25, 0.3) is 0 Å². The van der Waals surface area contributed by atoms with Crippen molar-refractivity contribution in [3.05, 3.63) is 0 Å². The summed E-state index contributed by atoms with van der Waals surface area (Å²) in [5.74, 6) is -1.01. The number of piperidine rings is 1. The molecule has 1 aliphatic heterocycles. The molecular weight excluding hydrogens is 208 g/mol. The van der Waals surface area contributed by atoms with Gasteiger partial charge in [0.05, 0.1) is 0 Å². The molecule has 5 heteroatoms. The number of urea groups is 1. The standard InChI is InChI=1S/C11H20N2O3/c1-7-5-4-6-8(2)13(7)11(16)12-9(3)10(14)15/h7-9H,4-6H2,1-3H3,(H,12,16)(H,14,15). The number of carbonyl (C=O) groups is 2. The Morgan fingerprint density at radius 3 is 2.25 bits per heavy atom. The van der Waals surface area contributed by atoms with Crippen LogP contribution < -0.4 is 5.32 Å². The molecule has 92 valence electrons. The van der Waals surface area contributed by atoms with E-state index in [0.717, 1.165) is 19.3 Å². The van der Waals surface area contributed by atoms with E-state index in [1.54, 1.807) is 4.90 Å². The van der Waals surface area contributed by atoms with Crippen LogP contribution in [0.2, 0.25) is 0 Å². The zero-order valence-electron chi connectivity index (χ0n) is 10.1. The second-order valence-corrected chi connectivity index (χ2v) is 4.55. The first-order chi connectivity index (χ1) is 7.43. The number of rotatable bonds is 2. The van der Waals surface area contributed by atoms with Gasteiger partial charge in [0.25, 0.3) is 0 Å². The predicted octanol–water partition coefficient (Wildman–Crippen LogP) is 1.43. The van der Waals surface area contributed by atoms with Crippen LogP contribution in [0.4, 0.5) is 4.79 Å². The Morgan fingerprint density at radius 2 is 1.81 bits per heavy atom. The molecule has 0 radical (unpaired) electrons. The Kier molecular flexibility index (Phi) is 4.15. The summed E-state index contributed by atoms with van der Waals surface area (Å²) < 4.78 is 0. The molecule has 1 heterocycles. The molecule has 0 saturated carbocycles. The van der Waals surface area contributed by atoms with Gasteiger partial charge >= 0.3 is 12.0 Å². The van der Waals surface area contributed by atoms with E-state index >= 15 is 0 Å². The van der Waals surface area contributed by atoms with E-state index in [-0.39, 0.29) is 18.1 Å². The van der Waals surface area contributed by atoms with Crippen molar-refractivity contribution in [1.29, 1.82) is 0 Å². The van der Waals surface area contributed by atoms with E-state index < -0.39 is 12.0 Å². The fourth-order valence-electron chi connectivity index (χ4n) is 2.14. The number of amides is 2. The summed E-state index contributed by atoms with van der Waals surface area (Å²) >= 11 is 0. The van der Waals surface area contributed by atoms with Gasteiger partial charge in [0.2, 0.25) is 0 Å². The number of hydrogen-bond donors (Lipinski definition) is 2. The van der Waals surface area contributed by atoms with Gasteiger partial charge in [-0.2, -0.15) is 0 Å². The molecule has 0 spiro atoms. The molecule has 1 aliphatic rings. The molecular formula is C11H20N2O3. The Bertz CT molecular complexity index is 270. The van der Waals surface area contributed by atoms with Crippen LogP contribution in [-0.2, 0) is 4.79 Å².